The molecule has 0 fully saturated rings. The number of alkyl halides is 3. The number of carbonyl (C=O) groups excluding carboxylic acids is 2. The monoisotopic (exact) mass is 594 g/mol. The van der Waals surface area contributed by atoms with Crippen LogP contribution in [-0.4, -0.2) is 42.3 Å². The standard InChI is InChI=1S/C26H23ClF4N6O4/c1-3-19(25(40)33-14-5-6-15(24(32)39)18(28)9-14)36-11-21(41-2)17(10-23(36)38)16-8-13(27)4-7-20(16)37-12-22(34-35-37)26(29,30)31/h4-11,19,22H,3,12H2,1-2H3,(H2,32,39)(H,33,40). The number of nitrogens with zero attached hydrogens (tertiary/aromatic N) is 4. The number of aromatic nitrogens is 1. The number of carbonyl (C=O) groups is 2. The summed E-state index contributed by atoms with van der Waals surface area (Å²) in [6, 6.07) is 5.78. The number of hydrogen-bond acceptors (Lipinski definition) is 7. The van der Waals surface area contributed by atoms with Gasteiger partial charge in [0.05, 0.1) is 31.1 Å². The minimum absolute atomic E-state index is 0.0353. The molecule has 2 aromatic carbocycles. The van der Waals surface area contributed by atoms with Crippen LogP contribution >= 0.6 is 11.6 Å². The average molecular weight is 595 g/mol. The molecule has 2 heterocycles. The molecule has 0 saturated heterocycles. The molecule has 0 aliphatic carbocycles. The lowest BCUT2D eigenvalue weighted by Gasteiger charge is -2.22. The molecule has 216 valence electrons. The molecule has 2 amide bonds. The number of nitrogens with two attached hydrogens (primary N) is 1. The summed E-state index contributed by atoms with van der Waals surface area (Å²) in [5.74, 6) is -2.45. The zero-order chi connectivity index (χ0) is 30.1. The van der Waals surface area contributed by atoms with Crippen LogP contribution in [-0.2, 0) is 4.79 Å². The summed E-state index contributed by atoms with van der Waals surface area (Å²) >= 11 is 6.19. The minimum Gasteiger partial charge on any atom is -0.495 e. The van der Waals surface area contributed by atoms with Crippen molar-refractivity contribution in [3.05, 3.63) is 75.4 Å². The van der Waals surface area contributed by atoms with Crippen molar-refractivity contribution < 1.29 is 31.9 Å². The van der Waals surface area contributed by atoms with Crippen LogP contribution in [0.5, 0.6) is 5.75 Å². The molecule has 0 saturated carbocycles. The first kappa shape index (κ1) is 29.5. The zero-order valence-electron chi connectivity index (χ0n) is 21.6. The molecule has 4 rings (SSSR count). The van der Waals surface area contributed by atoms with Gasteiger partial charge in [-0.05, 0) is 42.8 Å². The molecule has 3 aromatic rings. The Morgan fingerprint density at radius 1 is 1.20 bits per heavy atom. The summed E-state index contributed by atoms with van der Waals surface area (Å²) in [4.78, 5) is 37.7. The van der Waals surface area contributed by atoms with Gasteiger partial charge in [-0.3, -0.25) is 19.0 Å². The van der Waals surface area contributed by atoms with E-state index < -0.39 is 48.0 Å². The van der Waals surface area contributed by atoms with E-state index in [1.807, 2.05) is 0 Å². The highest BCUT2D eigenvalue weighted by Crippen LogP contribution is 2.40. The summed E-state index contributed by atoms with van der Waals surface area (Å²) < 4.78 is 60.4. The van der Waals surface area contributed by atoms with Crippen LogP contribution in [0.4, 0.5) is 28.9 Å². The maximum absolute atomic E-state index is 14.2. The summed E-state index contributed by atoms with van der Waals surface area (Å²) in [6.07, 6.45) is -3.16. The minimum atomic E-state index is -4.59. The van der Waals surface area contributed by atoms with Gasteiger partial charge in [0.2, 0.25) is 5.91 Å². The Kier molecular flexibility index (Phi) is 8.33. The van der Waals surface area contributed by atoms with Gasteiger partial charge in [0.25, 0.3) is 11.5 Å². The highest BCUT2D eigenvalue weighted by atomic mass is 35.5. The predicted molar refractivity (Wildman–Crippen MR) is 143 cm³/mol. The van der Waals surface area contributed by atoms with Gasteiger partial charge in [-0.15, -0.1) is 0 Å². The van der Waals surface area contributed by atoms with Gasteiger partial charge in [0.1, 0.15) is 17.6 Å². The Morgan fingerprint density at radius 2 is 1.93 bits per heavy atom. The number of pyridine rings is 1. The normalized spacial score (nSPS) is 15.6. The van der Waals surface area contributed by atoms with Crippen molar-refractivity contribution in [3.63, 3.8) is 0 Å². The zero-order valence-corrected chi connectivity index (χ0v) is 22.3. The first-order valence-electron chi connectivity index (χ1n) is 12.1. The van der Waals surface area contributed by atoms with E-state index in [-0.39, 0.29) is 45.3 Å². The van der Waals surface area contributed by atoms with Crippen molar-refractivity contribution in [2.45, 2.75) is 31.6 Å². The summed E-state index contributed by atoms with van der Waals surface area (Å²) in [5, 5.41) is 10.8. The number of nitrogens with one attached hydrogen (secondary N) is 1. The molecule has 10 nitrogen and oxygen atoms in total. The Bertz CT molecular complexity index is 1590. The van der Waals surface area contributed by atoms with Crippen molar-refractivity contribution in [2.24, 2.45) is 16.1 Å². The third-order valence-corrected chi connectivity index (χ3v) is 6.58. The maximum atomic E-state index is 14.2. The molecule has 2 unspecified atom stereocenters. The van der Waals surface area contributed by atoms with E-state index in [9.17, 15) is 31.9 Å². The predicted octanol–water partition coefficient (Wildman–Crippen LogP) is 5.12. The number of benzene rings is 2. The van der Waals surface area contributed by atoms with Crippen molar-refractivity contribution in [1.82, 2.24) is 4.57 Å². The Morgan fingerprint density at radius 3 is 2.51 bits per heavy atom. The molecule has 3 N–H and O–H groups in total. The number of primary amides is 1. The van der Waals surface area contributed by atoms with Gasteiger partial charge in [0, 0.05) is 27.9 Å². The number of halogens is 5. The molecule has 1 aliphatic heterocycles. The second kappa shape index (κ2) is 11.6. The summed E-state index contributed by atoms with van der Waals surface area (Å²) in [6.45, 7) is 1.08. The van der Waals surface area contributed by atoms with Crippen LogP contribution in [0.3, 0.4) is 0 Å². The summed E-state index contributed by atoms with van der Waals surface area (Å²) in [7, 11) is 1.32. The van der Waals surface area contributed by atoms with Crippen LogP contribution in [0.15, 0.2) is 63.8 Å². The second-order valence-electron chi connectivity index (χ2n) is 8.98. The highest BCUT2D eigenvalue weighted by Gasteiger charge is 2.44. The lowest BCUT2D eigenvalue weighted by Crippen LogP contribution is -2.33. The first-order valence-corrected chi connectivity index (χ1v) is 12.5. The molecule has 15 heteroatoms. The van der Waals surface area contributed by atoms with Gasteiger partial charge in [-0.2, -0.15) is 18.3 Å². The second-order valence-corrected chi connectivity index (χ2v) is 9.42. The Hall–Kier alpha value is -4.46. The molecular formula is C26H23ClF4N6O4. The first-order chi connectivity index (χ1) is 19.3. The lowest BCUT2D eigenvalue weighted by atomic mass is 10.0. The van der Waals surface area contributed by atoms with E-state index in [4.69, 9.17) is 22.1 Å². The largest absolute Gasteiger partial charge is 0.495 e. The third kappa shape index (κ3) is 6.16. The molecule has 41 heavy (non-hydrogen) atoms. The number of anilines is 2. The Labute approximate surface area is 235 Å². The van der Waals surface area contributed by atoms with Crippen LogP contribution in [0.1, 0.15) is 29.7 Å². The van der Waals surface area contributed by atoms with Gasteiger partial charge >= 0.3 is 6.18 Å². The number of ether oxygens (including phenoxy) is 1. The lowest BCUT2D eigenvalue weighted by molar-refractivity contribution is -0.143. The number of methoxy groups -OCH3 is 1. The van der Waals surface area contributed by atoms with Crippen molar-refractivity contribution in [1.29, 1.82) is 0 Å². The van der Waals surface area contributed by atoms with Crippen LogP contribution in [0, 0.1) is 5.82 Å². The van der Waals surface area contributed by atoms with Gasteiger partial charge in [-0.25, -0.2) is 9.40 Å². The quantitative estimate of drug-likeness (QED) is 0.349. The molecule has 2 atom stereocenters. The van der Waals surface area contributed by atoms with Crippen LogP contribution in [0.2, 0.25) is 5.02 Å². The SMILES string of the molecule is CCC(C(=O)Nc1ccc(C(N)=O)c(F)c1)n1cc(OC)c(-c2cc(Cl)ccc2N2CC(C(F)(F)F)N=N2)cc1=O. The molecular weight excluding hydrogens is 572 g/mol. The van der Waals surface area contributed by atoms with E-state index in [0.717, 1.165) is 21.7 Å². The smallest absolute Gasteiger partial charge is 0.414 e. The molecule has 1 aromatic heterocycles. The number of hydrogen-bond donors (Lipinski definition) is 2. The van der Waals surface area contributed by atoms with E-state index >= 15 is 0 Å². The molecule has 0 spiro atoms. The maximum Gasteiger partial charge on any atom is 0.414 e. The number of rotatable bonds is 8. The van der Waals surface area contributed by atoms with E-state index in [2.05, 4.69) is 15.7 Å². The van der Waals surface area contributed by atoms with Crippen LogP contribution < -0.4 is 26.4 Å². The topological polar surface area (TPSA) is 131 Å². The molecule has 0 bridgehead atoms. The highest BCUT2D eigenvalue weighted by molar-refractivity contribution is 6.31. The fourth-order valence-corrected chi connectivity index (χ4v) is 4.47. The van der Waals surface area contributed by atoms with Crippen molar-refractivity contribution >= 4 is 34.8 Å². The van der Waals surface area contributed by atoms with Crippen molar-refractivity contribution in [2.75, 3.05) is 24.0 Å². The van der Waals surface area contributed by atoms with Gasteiger partial charge in [-0.1, -0.05) is 23.7 Å². The van der Waals surface area contributed by atoms with Gasteiger partial charge in [0.15, 0.2) is 6.04 Å². The fourth-order valence-electron chi connectivity index (χ4n) is 4.30. The van der Waals surface area contributed by atoms with E-state index in [1.165, 1.54) is 43.6 Å². The van der Waals surface area contributed by atoms with Crippen molar-refractivity contribution in [3.8, 4) is 16.9 Å². The van der Waals surface area contributed by atoms with Crippen LogP contribution in [0.25, 0.3) is 11.1 Å². The van der Waals surface area contributed by atoms with Gasteiger partial charge < -0.3 is 15.8 Å². The van der Waals surface area contributed by atoms with E-state index in [0.29, 0.717) is 0 Å². The number of amides is 2. The molecule has 1 aliphatic rings. The third-order valence-electron chi connectivity index (χ3n) is 6.34. The fraction of sp³-hybridized carbons (Fsp3) is 0.269. The molecule has 0 radical (unpaired) electrons. The Balaban J connectivity index is 1.69. The van der Waals surface area contributed by atoms with E-state index in [1.54, 1.807) is 6.92 Å². The average Bonchev–Trinajstić information content (AvgIpc) is 3.40. The summed E-state index contributed by atoms with van der Waals surface area (Å²) in [5.41, 5.74) is 4.80.